The SMILES string of the molecule is CN1CCN(c2cc(NCCS(=O)(=O)NC3CCCC3)n3nccc3n2)CC1. The molecule has 10 heteroatoms. The Bertz CT molecular complexity index is 900. The number of piperazine rings is 1. The van der Waals surface area contributed by atoms with Crippen LogP contribution in [0.4, 0.5) is 11.6 Å². The molecule has 1 saturated carbocycles. The monoisotopic (exact) mass is 407 g/mol. The summed E-state index contributed by atoms with van der Waals surface area (Å²) in [6, 6.07) is 3.93. The Morgan fingerprint density at radius 2 is 1.93 bits per heavy atom. The molecule has 2 aromatic heterocycles. The smallest absolute Gasteiger partial charge is 0.213 e. The fraction of sp³-hybridized carbons (Fsp3) is 0.667. The molecule has 1 aliphatic carbocycles. The number of fused-ring (bicyclic) bond motifs is 1. The quantitative estimate of drug-likeness (QED) is 0.699. The molecular formula is C18H29N7O2S. The van der Waals surface area contributed by atoms with Crippen molar-refractivity contribution in [1.29, 1.82) is 0 Å². The van der Waals surface area contributed by atoms with Crippen LogP contribution in [-0.2, 0) is 10.0 Å². The molecule has 1 saturated heterocycles. The van der Waals surface area contributed by atoms with E-state index < -0.39 is 10.0 Å². The highest BCUT2D eigenvalue weighted by Gasteiger charge is 2.21. The molecule has 1 aliphatic heterocycles. The molecule has 2 fully saturated rings. The van der Waals surface area contributed by atoms with Crippen molar-refractivity contribution >= 4 is 27.3 Å². The number of hydrogen-bond acceptors (Lipinski definition) is 7. The lowest BCUT2D eigenvalue weighted by atomic mass is 10.3. The molecule has 3 heterocycles. The van der Waals surface area contributed by atoms with Crippen LogP contribution < -0.4 is 14.9 Å². The average Bonchev–Trinajstić information content (AvgIpc) is 3.33. The highest BCUT2D eigenvalue weighted by atomic mass is 32.2. The number of rotatable bonds is 7. The maximum Gasteiger partial charge on any atom is 0.213 e. The van der Waals surface area contributed by atoms with Gasteiger partial charge in [0, 0.05) is 50.9 Å². The molecule has 2 aromatic rings. The summed E-state index contributed by atoms with van der Waals surface area (Å²) in [5.74, 6) is 1.70. The minimum atomic E-state index is -3.29. The first-order valence-electron chi connectivity index (χ1n) is 10.0. The summed E-state index contributed by atoms with van der Waals surface area (Å²) in [7, 11) is -1.16. The maximum atomic E-state index is 12.3. The second kappa shape index (κ2) is 8.22. The van der Waals surface area contributed by atoms with E-state index in [1.54, 1.807) is 10.7 Å². The highest BCUT2D eigenvalue weighted by Crippen LogP contribution is 2.21. The van der Waals surface area contributed by atoms with E-state index in [2.05, 4.69) is 32.0 Å². The number of anilines is 2. The number of nitrogens with one attached hydrogen (secondary N) is 2. The van der Waals surface area contributed by atoms with Gasteiger partial charge in [-0.25, -0.2) is 18.1 Å². The first-order chi connectivity index (χ1) is 13.5. The van der Waals surface area contributed by atoms with Crippen molar-refractivity contribution in [2.24, 2.45) is 0 Å². The summed E-state index contributed by atoms with van der Waals surface area (Å²) >= 11 is 0. The van der Waals surface area contributed by atoms with Gasteiger partial charge in [-0.15, -0.1) is 0 Å². The van der Waals surface area contributed by atoms with Crippen molar-refractivity contribution in [3.8, 4) is 0 Å². The Hall–Kier alpha value is -1.91. The molecule has 0 radical (unpaired) electrons. The summed E-state index contributed by atoms with van der Waals surface area (Å²) in [5, 5.41) is 7.56. The van der Waals surface area contributed by atoms with Crippen molar-refractivity contribution in [3.63, 3.8) is 0 Å². The van der Waals surface area contributed by atoms with E-state index >= 15 is 0 Å². The van der Waals surface area contributed by atoms with Gasteiger partial charge in [0.05, 0.1) is 11.9 Å². The Morgan fingerprint density at radius 1 is 1.18 bits per heavy atom. The van der Waals surface area contributed by atoms with Gasteiger partial charge in [0.1, 0.15) is 11.6 Å². The summed E-state index contributed by atoms with van der Waals surface area (Å²) < 4.78 is 29.2. The lowest BCUT2D eigenvalue weighted by Gasteiger charge is -2.33. The molecule has 2 N–H and O–H groups in total. The molecule has 0 amide bonds. The molecule has 0 aromatic carbocycles. The Labute approximate surface area is 166 Å². The average molecular weight is 408 g/mol. The van der Waals surface area contributed by atoms with E-state index in [1.165, 1.54) is 0 Å². The molecule has 0 unspecified atom stereocenters. The third-order valence-electron chi connectivity index (χ3n) is 5.55. The van der Waals surface area contributed by atoms with Crippen molar-refractivity contribution in [2.45, 2.75) is 31.7 Å². The van der Waals surface area contributed by atoms with Crippen molar-refractivity contribution < 1.29 is 8.42 Å². The van der Waals surface area contributed by atoms with E-state index in [-0.39, 0.29) is 11.8 Å². The largest absolute Gasteiger partial charge is 0.369 e. The van der Waals surface area contributed by atoms with Gasteiger partial charge in [-0.2, -0.15) is 9.61 Å². The molecule has 2 aliphatic rings. The lowest BCUT2D eigenvalue weighted by molar-refractivity contribution is 0.312. The summed E-state index contributed by atoms with van der Waals surface area (Å²) in [5.41, 5.74) is 0.755. The summed E-state index contributed by atoms with van der Waals surface area (Å²) in [6.07, 6.45) is 5.81. The van der Waals surface area contributed by atoms with Crippen molar-refractivity contribution in [2.75, 3.05) is 55.7 Å². The predicted molar refractivity (Wildman–Crippen MR) is 110 cm³/mol. The zero-order valence-electron chi connectivity index (χ0n) is 16.3. The third kappa shape index (κ3) is 4.56. The lowest BCUT2D eigenvalue weighted by Crippen LogP contribution is -2.44. The van der Waals surface area contributed by atoms with Crippen LogP contribution in [0.15, 0.2) is 18.3 Å². The number of hydrogen-bond donors (Lipinski definition) is 2. The highest BCUT2D eigenvalue weighted by molar-refractivity contribution is 7.89. The predicted octanol–water partition coefficient (Wildman–Crippen LogP) is 0.755. The third-order valence-corrected chi connectivity index (χ3v) is 6.99. The number of aromatic nitrogens is 3. The van der Waals surface area contributed by atoms with Gasteiger partial charge in [-0.3, -0.25) is 0 Å². The van der Waals surface area contributed by atoms with E-state index in [1.807, 2.05) is 12.1 Å². The minimum absolute atomic E-state index is 0.0401. The van der Waals surface area contributed by atoms with Gasteiger partial charge in [0.2, 0.25) is 10.0 Å². The Morgan fingerprint density at radius 3 is 2.68 bits per heavy atom. The fourth-order valence-corrected chi connectivity index (χ4v) is 5.13. The molecule has 4 rings (SSSR count). The maximum absolute atomic E-state index is 12.3. The van der Waals surface area contributed by atoms with Crippen LogP contribution in [0.25, 0.3) is 5.65 Å². The Kier molecular flexibility index (Phi) is 5.70. The number of nitrogens with zero attached hydrogens (tertiary/aromatic N) is 5. The standard InChI is InChI=1S/C18H29N7O2S/c1-23-9-11-24(12-10-23)18-14-17(25-16(21-18)6-7-20-25)19-8-13-28(26,27)22-15-4-2-3-5-15/h6-7,14-15,19,22H,2-5,8-13H2,1H3. The van der Waals surface area contributed by atoms with Gasteiger partial charge in [0.15, 0.2) is 5.65 Å². The molecule has 154 valence electrons. The topological polar surface area (TPSA) is 94.9 Å². The summed E-state index contributed by atoms with van der Waals surface area (Å²) in [4.78, 5) is 9.27. The van der Waals surface area contributed by atoms with E-state index in [0.717, 1.165) is 69.1 Å². The number of likely N-dealkylation sites (N-methyl/N-ethyl adjacent to an activating group) is 1. The first-order valence-corrected chi connectivity index (χ1v) is 11.7. The van der Waals surface area contributed by atoms with Crippen molar-refractivity contribution in [1.82, 2.24) is 24.2 Å². The van der Waals surface area contributed by atoms with Gasteiger partial charge < -0.3 is 15.1 Å². The van der Waals surface area contributed by atoms with Gasteiger partial charge in [0.25, 0.3) is 0 Å². The number of sulfonamides is 1. The van der Waals surface area contributed by atoms with Gasteiger partial charge in [-0.05, 0) is 19.9 Å². The summed E-state index contributed by atoms with van der Waals surface area (Å²) in [6.45, 7) is 4.17. The Balaban J connectivity index is 1.43. The van der Waals surface area contributed by atoms with Crippen LogP contribution in [0, 0.1) is 0 Å². The minimum Gasteiger partial charge on any atom is -0.369 e. The zero-order chi connectivity index (χ0) is 19.6. The first kappa shape index (κ1) is 19.4. The van der Waals surface area contributed by atoms with E-state index in [9.17, 15) is 8.42 Å². The molecule has 0 spiro atoms. The molecule has 0 bridgehead atoms. The van der Waals surface area contributed by atoms with E-state index in [0.29, 0.717) is 6.54 Å². The molecule has 0 atom stereocenters. The van der Waals surface area contributed by atoms with Crippen LogP contribution in [0.5, 0.6) is 0 Å². The molecular weight excluding hydrogens is 378 g/mol. The second-order valence-electron chi connectivity index (χ2n) is 7.74. The van der Waals surface area contributed by atoms with Gasteiger partial charge in [-0.1, -0.05) is 12.8 Å². The van der Waals surface area contributed by atoms with Crippen LogP contribution in [0.3, 0.4) is 0 Å². The van der Waals surface area contributed by atoms with E-state index in [4.69, 9.17) is 4.98 Å². The van der Waals surface area contributed by atoms with Crippen LogP contribution in [0.2, 0.25) is 0 Å². The van der Waals surface area contributed by atoms with Crippen LogP contribution in [0.1, 0.15) is 25.7 Å². The van der Waals surface area contributed by atoms with Crippen LogP contribution >= 0.6 is 0 Å². The van der Waals surface area contributed by atoms with Crippen LogP contribution in [-0.4, -0.2) is 79.5 Å². The second-order valence-corrected chi connectivity index (χ2v) is 9.61. The van der Waals surface area contributed by atoms with Crippen molar-refractivity contribution in [3.05, 3.63) is 18.3 Å². The zero-order valence-corrected chi connectivity index (χ0v) is 17.2. The van der Waals surface area contributed by atoms with Gasteiger partial charge >= 0.3 is 0 Å². The molecule has 9 nitrogen and oxygen atoms in total. The normalized spacial score (nSPS) is 19.5. The molecule has 28 heavy (non-hydrogen) atoms. The fourth-order valence-electron chi connectivity index (χ4n) is 3.89.